The van der Waals surface area contributed by atoms with E-state index >= 15 is 0 Å². The van der Waals surface area contributed by atoms with Gasteiger partial charge in [-0.25, -0.2) is 14.5 Å². The lowest BCUT2D eigenvalue weighted by molar-refractivity contribution is -0.132. The predicted octanol–water partition coefficient (Wildman–Crippen LogP) is 1.81. The van der Waals surface area contributed by atoms with Crippen LogP contribution in [0.1, 0.15) is 47.6 Å². The number of piperazine rings is 1. The summed E-state index contributed by atoms with van der Waals surface area (Å²) >= 11 is 0. The van der Waals surface area contributed by atoms with Gasteiger partial charge in [0.2, 0.25) is 11.9 Å². The average molecular weight is 498 g/mol. The molecule has 0 radical (unpaired) electrons. The van der Waals surface area contributed by atoms with Crippen molar-refractivity contribution in [2.24, 2.45) is 0 Å². The molecular weight excluding hydrogens is 456 g/mol. The van der Waals surface area contributed by atoms with Gasteiger partial charge in [0.25, 0.3) is 0 Å². The molecule has 0 saturated carbocycles. The molecule has 0 unspecified atom stereocenters. The van der Waals surface area contributed by atoms with Crippen molar-refractivity contribution in [2.75, 3.05) is 62.8 Å². The molecule has 194 valence electrons. The number of aryl methyl sites for hydroxylation is 1. The van der Waals surface area contributed by atoms with Crippen molar-refractivity contribution in [1.82, 2.24) is 34.4 Å². The Bertz CT molecular complexity index is 1300. The smallest absolute Gasteiger partial charge is 0.243 e. The first-order valence-electron chi connectivity index (χ1n) is 13.9. The lowest BCUT2D eigenvalue weighted by atomic mass is 10.1. The number of nitrogens with zero attached hydrogens (tertiary/aromatic N) is 8. The summed E-state index contributed by atoms with van der Waals surface area (Å²) in [6.45, 7) is 5.02. The molecule has 3 aromatic rings. The Morgan fingerprint density at radius 1 is 1.25 bits per heavy atom. The number of rotatable bonds is 9. The molecule has 3 aromatic heterocycles. The number of hydrogen-bond acceptors (Lipinski definition) is 9. The maximum absolute atomic E-state index is 12.4. The SMILES string of the molecule is [2H]C([2H])([2H])[C@@H](CCC)Nc1nc(N)c2ncc(Cc3cnc(N4CCN(C(=O)CN(C)C)CC4)c(C)c3)n2n1. The number of carbonyl (C=O) groups is 1. The number of nitrogens with one attached hydrogen (secondary N) is 1. The summed E-state index contributed by atoms with van der Waals surface area (Å²) in [7, 11) is 3.80. The van der Waals surface area contributed by atoms with E-state index in [0.29, 0.717) is 44.5 Å². The van der Waals surface area contributed by atoms with Crippen LogP contribution in [0.3, 0.4) is 0 Å². The van der Waals surface area contributed by atoms with Crippen molar-refractivity contribution in [2.45, 2.75) is 46.0 Å². The fourth-order valence-corrected chi connectivity index (χ4v) is 4.45. The fourth-order valence-electron chi connectivity index (χ4n) is 4.45. The lowest BCUT2D eigenvalue weighted by Gasteiger charge is -2.36. The van der Waals surface area contributed by atoms with Gasteiger partial charge in [-0.1, -0.05) is 19.4 Å². The number of aromatic nitrogens is 5. The molecule has 1 saturated heterocycles. The van der Waals surface area contributed by atoms with Gasteiger partial charge in [-0.2, -0.15) is 4.98 Å². The number of amides is 1. The van der Waals surface area contributed by atoms with Crippen molar-refractivity contribution >= 4 is 29.1 Å². The quantitative estimate of drug-likeness (QED) is 0.456. The van der Waals surface area contributed by atoms with Crippen LogP contribution in [0.4, 0.5) is 17.6 Å². The molecule has 0 spiro atoms. The molecular formula is C25H38N10O. The predicted molar refractivity (Wildman–Crippen MR) is 142 cm³/mol. The van der Waals surface area contributed by atoms with Crippen molar-refractivity contribution < 1.29 is 8.91 Å². The number of pyridine rings is 1. The molecule has 11 heteroatoms. The van der Waals surface area contributed by atoms with Crippen LogP contribution in [-0.2, 0) is 11.2 Å². The fraction of sp³-hybridized carbons (Fsp3) is 0.560. The van der Waals surface area contributed by atoms with E-state index in [1.165, 1.54) is 0 Å². The largest absolute Gasteiger partial charge is 0.380 e. The zero-order chi connectivity index (χ0) is 28.3. The van der Waals surface area contributed by atoms with Gasteiger partial charge in [-0.3, -0.25) is 4.79 Å². The highest BCUT2D eigenvalue weighted by Crippen LogP contribution is 2.22. The van der Waals surface area contributed by atoms with E-state index < -0.39 is 12.9 Å². The van der Waals surface area contributed by atoms with Crippen LogP contribution in [0.5, 0.6) is 0 Å². The molecule has 1 atom stereocenters. The summed E-state index contributed by atoms with van der Waals surface area (Å²) in [4.78, 5) is 31.8. The van der Waals surface area contributed by atoms with Crippen molar-refractivity contribution in [3.8, 4) is 0 Å². The first-order valence-corrected chi connectivity index (χ1v) is 12.4. The first kappa shape index (κ1) is 21.8. The van der Waals surface area contributed by atoms with Gasteiger partial charge in [0.05, 0.1) is 18.4 Å². The van der Waals surface area contributed by atoms with Crippen LogP contribution in [0.2, 0.25) is 0 Å². The zero-order valence-corrected chi connectivity index (χ0v) is 21.5. The summed E-state index contributed by atoms with van der Waals surface area (Å²) < 4.78 is 25.1. The number of anilines is 3. The second kappa shape index (κ2) is 11.1. The van der Waals surface area contributed by atoms with Crippen LogP contribution >= 0.6 is 0 Å². The Morgan fingerprint density at radius 3 is 2.69 bits per heavy atom. The van der Waals surface area contributed by atoms with Crippen LogP contribution < -0.4 is 16.0 Å². The van der Waals surface area contributed by atoms with Gasteiger partial charge in [-0.05, 0) is 45.4 Å². The van der Waals surface area contributed by atoms with E-state index in [2.05, 4.69) is 31.3 Å². The summed E-state index contributed by atoms with van der Waals surface area (Å²) in [5.74, 6) is 1.39. The summed E-state index contributed by atoms with van der Waals surface area (Å²) in [6.07, 6.45) is 5.21. The standard InChI is InChI=1S/C25H38N10O/c1-6-7-18(3)29-25-30-22(26)24-28-15-20(35(24)31-25)13-19-12-17(2)23(27-14-19)34-10-8-33(9-11-34)21(36)16-32(4)5/h12,14-15,18H,6-11,13,16H2,1-5H3,(H3,26,29,30,31)/t18-/m0/s1/i3D3. The third-order valence-electron chi connectivity index (χ3n) is 6.22. The molecule has 0 bridgehead atoms. The summed E-state index contributed by atoms with van der Waals surface area (Å²) in [5, 5.41) is 7.47. The Kier molecular flexibility index (Phi) is 6.70. The van der Waals surface area contributed by atoms with Crippen molar-refractivity contribution in [3.63, 3.8) is 0 Å². The van der Waals surface area contributed by atoms with Gasteiger partial charge >= 0.3 is 0 Å². The van der Waals surface area contributed by atoms with Crippen molar-refractivity contribution in [3.05, 3.63) is 35.3 Å². The highest BCUT2D eigenvalue weighted by Gasteiger charge is 2.23. The Morgan fingerprint density at radius 2 is 2.03 bits per heavy atom. The average Bonchev–Trinajstić information content (AvgIpc) is 3.26. The Balaban J connectivity index is 1.48. The normalized spacial score (nSPS) is 16.6. The van der Waals surface area contributed by atoms with Gasteiger partial charge < -0.3 is 25.8 Å². The number of nitrogen functional groups attached to an aromatic ring is 1. The first-order chi connectivity index (χ1) is 18.5. The third kappa shape index (κ3) is 5.84. The Labute approximate surface area is 216 Å². The number of likely N-dealkylation sites (N-methyl/N-ethyl adjacent to an activating group) is 1. The third-order valence-corrected chi connectivity index (χ3v) is 6.22. The Hall–Kier alpha value is -3.47. The van der Waals surface area contributed by atoms with Crippen LogP contribution in [0.25, 0.3) is 5.65 Å². The van der Waals surface area contributed by atoms with Gasteiger partial charge in [0.1, 0.15) is 5.82 Å². The molecule has 4 heterocycles. The molecule has 4 rings (SSSR count). The van der Waals surface area contributed by atoms with Gasteiger partial charge in [-0.15, -0.1) is 5.10 Å². The molecule has 36 heavy (non-hydrogen) atoms. The number of carbonyl (C=O) groups excluding carboxylic acids is 1. The monoisotopic (exact) mass is 497 g/mol. The van der Waals surface area contributed by atoms with Gasteiger partial charge in [0, 0.05) is 49.0 Å². The second-order valence-electron chi connectivity index (χ2n) is 9.56. The number of imidazole rings is 1. The van der Waals surface area contributed by atoms with Gasteiger partial charge in [0.15, 0.2) is 11.5 Å². The minimum atomic E-state index is -2.19. The summed E-state index contributed by atoms with van der Waals surface area (Å²) in [6, 6.07) is 1.32. The molecule has 1 amide bonds. The molecule has 1 aliphatic heterocycles. The summed E-state index contributed by atoms with van der Waals surface area (Å²) in [5.41, 5.74) is 9.37. The van der Waals surface area contributed by atoms with Crippen LogP contribution in [0, 0.1) is 6.92 Å². The molecule has 1 aliphatic rings. The van der Waals surface area contributed by atoms with Crippen LogP contribution in [0.15, 0.2) is 18.5 Å². The van der Waals surface area contributed by atoms with E-state index in [9.17, 15) is 4.79 Å². The minimum absolute atomic E-state index is 0.148. The second-order valence-corrected chi connectivity index (χ2v) is 9.56. The zero-order valence-electron chi connectivity index (χ0n) is 24.5. The molecule has 0 aliphatic carbocycles. The van der Waals surface area contributed by atoms with E-state index in [1.807, 2.05) is 43.9 Å². The minimum Gasteiger partial charge on any atom is -0.380 e. The highest BCUT2D eigenvalue weighted by molar-refractivity contribution is 5.78. The van der Waals surface area contributed by atoms with Crippen molar-refractivity contribution in [1.29, 1.82) is 0 Å². The number of fused-ring (bicyclic) bond motifs is 1. The van der Waals surface area contributed by atoms with E-state index in [-0.39, 0.29) is 17.7 Å². The molecule has 0 aromatic carbocycles. The maximum atomic E-state index is 12.4. The number of hydrogen-bond donors (Lipinski definition) is 2. The molecule has 1 fully saturated rings. The molecule has 11 nitrogen and oxygen atoms in total. The van der Waals surface area contributed by atoms with E-state index in [4.69, 9.17) is 14.8 Å². The highest BCUT2D eigenvalue weighted by atomic mass is 16.2. The topological polar surface area (TPSA) is 121 Å². The number of nitrogens with two attached hydrogens (primary N) is 1. The maximum Gasteiger partial charge on any atom is 0.243 e. The lowest BCUT2D eigenvalue weighted by Crippen LogP contribution is -2.51. The molecule has 3 N–H and O–H groups in total. The van der Waals surface area contributed by atoms with E-state index in [0.717, 1.165) is 35.7 Å². The van der Waals surface area contributed by atoms with Crippen LogP contribution in [-0.4, -0.2) is 93.1 Å². The van der Waals surface area contributed by atoms with E-state index in [1.54, 1.807) is 10.7 Å².